The summed E-state index contributed by atoms with van der Waals surface area (Å²) in [6, 6.07) is 5.06. The van der Waals surface area contributed by atoms with Gasteiger partial charge in [0.15, 0.2) is 11.5 Å². The van der Waals surface area contributed by atoms with Gasteiger partial charge in [0.25, 0.3) is 11.1 Å². The molecule has 0 radical (unpaired) electrons. The molecule has 1 aromatic rings. The normalized spacial score (nSPS) is 15.0. The van der Waals surface area contributed by atoms with E-state index in [1.54, 1.807) is 24.3 Å². The maximum absolute atomic E-state index is 12.5. The second kappa shape index (κ2) is 9.69. The molecule has 0 saturated carbocycles. The summed E-state index contributed by atoms with van der Waals surface area (Å²) < 4.78 is 10.6. The molecule has 1 aliphatic heterocycles. The first kappa shape index (κ1) is 20.4. The van der Waals surface area contributed by atoms with Gasteiger partial charge in [0, 0.05) is 6.54 Å². The smallest absolute Gasteiger partial charge is 0.294 e. The fraction of sp³-hybridized carbons (Fsp3) is 0.316. The summed E-state index contributed by atoms with van der Waals surface area (Å²) in [4.78, 5) is 37.5. The molecule has 3 amide bonds. The summed E-state index contributed by atoms with van der Waals surface area (Å²) in [5.41, 5.74) is 0.654. The van der Waals surface area contributed by atoms with Crippen molar-refractivity contribution in [2.45, 2.75) is 13.3 Å². The van der Waals surface area contributed by atoms with Gasteiger partial charge in [-0.1, -0.05) is 18.9 Å². The van der Waals surface area contributed by atoms with Crippen LogP contribution in [0.5, 0.6) is 11.5 Å². The Balaban J connectivity index is 2.15. The third kappa shape index (κ3) is 5.28. The van der Waals surface area contributed by atoms with Crippen molar-refractivity contribution in [3.05, 3.63) is 28.7 Å². The van der Waals surface area contributed by atoms with Crippen LogP contribution < -0.4 is 14.8 Å². The van der Waals surface area contributed by atoms with Crippen molar-refractivity contribution in [1.29, 1.82) is 0 Å². The molecule has 1 saturated heterocycles. The van der Waals surface area contributed by atoms with E-state index in [1.165, 1.54) is 7.11 Å². The molecule has 142 valence electrons. The van der Waals surface area contributed by atoms with E-state index in [0.717, 1.165) is 23.1 Å². The first-order valence-corrected chi connectivity index (χ1v) is 9.08. The number of carbonyl (C=O) groups excluding carboxylic acids is 3. The fourth-order valence-corrected chi connectivity index (χ4v) is 3.10. The fourth-order valence-electron chi connectivity index (χ4n) is 2.26. The molecule has 1 N–H and O–H groups in total. The highest BCUT2D eigenvalue weighted by molar-refractivity contribution is 8.18. The molecule has 0 aliphatic carbocycles. The highest BCUT2D eigenvalue weighted by atomic mass is 32.2. The van der Waals surface area contributed by atoms with Crippen LogP contribution in [0.3, 0.4) is 0 Å². The van der Waals surface area contributed by atoms with Crippen molar-refractivity contribution in [1.82, 2.24) is 10.2 Å². The largest absolute Gasteiger partial charge is 0.493 e. The number of hydrogen-bond donors (Lipinski definition) is 1. The van der Waals surface area contributed by atoms with Crippen LogP contribution in [0.15, 0.2) is 23.1 Å². The molecular weight excluding hydrogens is 368 g/mol. The van der Waals surface area contributed by atoms with Crippen LogP contribution in [0, 0.1) is 12.3 Å². The number of methoxy groups -OCH3 is 1. The van der Waals surface area contributed by atoms with Crippen LogP contribution >= 0.6 is 11.8 Å². The van der Waals surface area contributed by atoms with Crippen molar-refractivity contribution in [3.63, 3.8) is 0 Å². The molecule has 7 nitrogen and oxygen atoms in total. The maximum atomic E-state index is 12.5. The Labute approximate surface area is 162 Å². The van der Waals surface area contributed by atoms with Gasteiger partial charge >= 0.3 is 0 Å². The molecule has 2 rings (SSSR count). The van der Waals surface area contributed by atoms with Gasteiger partial charge in [0.05, 0.1) is 12.0 Å². The average Bonchev–Trinajstić information content (AvgIpc) is 2.92. The summed E-state index contributed by atoms with van der Waals surface area (Å²) in [5, 5.41) is 2.17. The van der Waals surface area contributed by atoms with E-state index in [-0.39, 0.29) is 24.0 Å². The lowest BCUT2D eigenvalue weighted by Gasteiger charge is -2.12. The lowest BCUT2D eigenvalue weighted by Crippen LogP contribution is -2.39. The van der Waals surface area contributed by atoms with E-state index in [4.69, 9.17) is 15.9 Å². The predicted octanol–water partition coefficient (Wildman–Crippen LogP) is 2.27. The number of thioether (sulfide) groups is 1. The minimum atomic E-state index is -0.497. The van der Waals surface area contributed by atoms with E-state index < -0.39 is 11.1 Å². The van der Waals surface area contributed by atoms with Gasteiger partial charge in [0.1, 0.15) is 13.2 Å². The summed E-state index contributed by atoms with van der Waals surface area (Å²) in [5.74, 6) is 2.45. The number of imide groups is 1. The highest BCUT2D eigenvalue weighted by Gasteiger charge is 2.36. The van der Waals surface area contributed by atoms with E-state index in [0.29, 0.717) is 23.6 Å². The maximum Gasteiger partial charge on any atom is 0.294 e. The molecule has 1 aliphatic rings. The Hall–Kier alpha value is -2.92. The zero-order chi connectivity index (χ0) is 19.8. The average molecular weight is 388 g/mol. The first-order chi connectivity index (χ1) is 13.0. The van der Waals surface area contributed by atoms with Crippen molar-refractivity contribution < 1.29 is 23.9 Å². The van der Waals surface area contributed by atoms with Crippen LogP contribution in [-0.4, -0.2) is 48.8 Å². The molecule has 0 spiro atoms. The Morgan fingerprint density at radius 2 is 2.15 bits per heavy atom. The van der Waals surface area contributed by atoms with Crippen LogP contribution in [0.1, 0.15) is 18.9 Å². The van der Waals surface area contributed by atoms with Gasteiger partial charge in [-0.2, -0.15) is 0 Å². The quantitative estimate of drug-likeness (QED) is 0.543. The number of nitrogens with zero attached hydrogens (tertiary/aromatic N) is 1. The molecule has 1 heterocycles. The minimum Gasteiger partial charge on any atom is -0.493 e. The zero-order valence-electron chi connectivity index (χ0n) is 15.1. The Bertz CT molecular complexity index is 813. The lowest BCUT2D eigenvalue weighted by atomic mass is 10.2. The van der Waals surface area contributed by atoms with Crippen LogP contribution in [0.2, 0.25) is 0 Å². The number of nitrogens with one attached hydrogen (secondary N) is 1. The van der Waals surface area contributed by atoms with Gasteiger partial charge in [-0.15, -0.1) is 6.42 Å². The van der Waals surface area contributed by atoms with Crippen molar-refractivity contribution in [2.24, 2.45) is 0 Å². The minimum absolute atomic E-state index is 0.106. The Morgan fingerprint density at radius 3 is 2.81 bits per heavy atom. The summed E-state index contributed by atoms with van der Waals surface area (Å²) in [6.45, 7) is 2.23. The number of terminal acetylenes is 1. The molecule has 1 fully saturated rings. The molecule has 27 heavy (non-hydrogen) atoms. The van der Waals surface area contributed by atoms with Gasteiger partial charge in [-0.3, -0.25) is 19.3 Å². The first-order valence-electron chi connectivity index (χ1n) is 8.26. The Kier molecular flexibility index (Phi) is 7.32. The van der Waals surface area contributed by atoms with Crippen molar-refractivity contribution in [3.8, 4) is 23.8 Å². The van der Waals surface area contributed by atoms with E-state index in [1.807, 2.05) is 6.92 Å². The number of hydrogen-bond acceptors (Lipinski definition) is 6. The third-order valence-electron chi connectivity index (χ3n) is 3.54. The van der Waals surface area contributed by atoms with Crippen LogP contribution in [0.4, 0.5) is 4.79 Å². The molecule has 8 heteroatoms. The van der Waals surface area contributed by atoms with Gasteiger partial charge < -0.3 is 14.8 Å². The van der Waals surface area contributed by atoms with Crippen LogP contribution in [-0.2, 0) is 9.59 Å². The van der Waals surface area contributed by atoms with Crippen molar-refractivity contribution in [2.75, 3.05) is 26.8 Å². The Morgan fingerprint density at radius 1 is 1.37 bits per heavy atom. The van der Waals surface area contributed by atoms with Gasteiger partial charge in [-0.05, 0) is 42.0 Å². The number of amides is 3. The summed E-state index contributed by atoms with van der Waals surface area (Å²) >= 11 is 0.794. The molecule has 0 aromatic heterocycles. The summed E-state index contributed by atoms with van der Waals surface area (Å²) in [7, 11) is 1.49. The van der Waals surface area contributed by atoms with Crippen LogP contribution in [0.25, 0.3) is 6.08 Å². The number of rotatable bonds is 8. The molecule has 0 bridgehead atoms. The molecular formula is C19H20N2O5S. The lowest BCUT2D eigenvalue weighted by molar-refractivity contribution is -0.129. The van der Waals surface area contributed by atoms with E-state index >= 15 is 0 Å². The topological polar surface area (TPSA) is 84.9 Å². The van der Waals surface area contributed by atoms with E-state index in [2.05, 4.69) is 11.2 Å². The SMILES string of the molecule is C#CCOc1ccc(/C=C2\SC(=O)N(CC(=O)NCCC)C2=O)cc1OC. The second-order valence-corrected chi connectivity index (χ2v) is 6.51. The van der Waals surface area contributed by atoms with Crippen molar-refractivity contribution >= 4 is 34.9 Å². The molecule has 0 atom stereocenters. The molecule has 0 unspecified atom stereocenters. The van der Waals surface area contributed by atoms with Gasteiger partial charge in [-0.25, -0.2) is 0 Å². The standard InChI is InChI=1S/C19H20N2O5S/c1-4-8-20-17(22)12-21-18(23)16(27-19(21)24)11-13-6-7-14(26-9-5-2)15(10-13)25-3/h2,6-7,10-11H,4,8-9,12H2,1,3H3,(H,20,22)/b16-11-. The predicted molar refractivity (Wildman–Crippen MR) is 103 cm³/mol. The highest BCUT2D eigenvalue weighted by Crippen LogP contribution is 2.34. The number of carbonyl (C=O) groups is 3. The zero-order valence-corrected chi connectivity index (χ0v) is 15.9. The third-order valence-corrected chi connectivity index (χ3v) is 4.45. The second-order valence-electron chi connectivity index (χ2n) is 5.52. The van der Waals surface area contributed by atoms with Gasteiger partial charge in [0.2, 0.25) is 5.91 Å². The monoisotopic (exact) mass is 388 g/mol. The molecule has 1 aromatic carbocycles. The number of benzene rings is 1. The van der Waals surface area contributed by atoms with E-state index in [9.17, 15) is 14.4 Å². The summed E-state index contributed by atoms with van der Waals surface area (Å²) in [6.07, 6.45) is 7.52. The number of ether oxygens (including phenoxy) is 2.